The summed E-state index contributed by atoms with van der Waals surface area (Å²) in [6, 6.07) is 10.9. The molecular formula is C22H30N4O2. The van der Waals surface area contributed by atoms with E-state index in [1.54, 1.807) is 0 Å². The first-order valence-electron chi connectivity index (χ1n) is 10.6. The molecule has 1 aromatic carbocycles. The maximum Gasteiger partial charge on any atom is 0.271 e. The van der Waals surface area contributed by atoms with Crippen LogP contribution in [0.5, 0.6) is 0 Å². The first kappa shape index (κ1) is 19.0. The minimum Gasteiger partial charge on any atom is -0.348 e. The molecule has 0 unspecified atom stereocenters. The Morgan fingerprint density at radius 3 is 2.64 bits per heavy atom. The minimum atomic E-state index is -0.219. The van der Waals surface area contributed by atoms with Crippen molar-refractivity contribution in [2.24, 2.45) is 5.92 Å². The summed E-state index contributed by atoms with van der Waals surface area (Å²) in [4.78, 5) is 27.6. The van der Waals surface area contributed by atoms with Crippen molar-refractivity contribution in [1.29, 1.82) is 0 Å². The maximum absolute atomic E-state index is 12.7. The van der Waals surface area contributed by atoms with Gasteiger partial charge in [0.15, 0.2) is 0 Å². The van der Waals surface area contributed by atoms with E-state index in [1.807, 2.05) is 30.3 Å². The Morgan fingerprint density at radius 2 is 1.86 bits per heavy atom. The van der Waals surface area contributed by atoms with Crippen molar-refractivity contribution in [3.05, 3.63) is 52.4 Å². The molecule has 0 bridgehead atoms. The summed E-state index contributed by atoms with van der Waals surface area (Å²) in [7, 11) is 0. The Bertz CT molecular complexity index is 836. The lowest BCUT2D eigenvalue weighted by Gasteiger charge is -2.35. The third-order valence-corrected chi connectivity index (χ3v) is 6.06. The summed E-state index contributed by atoms with van der Waals surface area (Å²) in [5.74, 6) is 0.473. The van der Waals surface area contributed by atoms with Crippen molar-refractivity contribution in [3.63, 3.8) is 0 Å². The van der Waals surface area contributed by atoms with Crippen LogP contribution in [-0.2, 0) is 0 Å². The standard InChI is InChI=1S/C22H30N4O2/c27-21-15-20(24-26(21)19-10-3-1-4-11-19)22(28)23-18-9-7-8-17(14-18)16-25-12-5-2-6-13-25/h1,3-4,10-11,15,17-18,24H,2,5-9,12-14,16H2,(H,23,28)/t17-,18-/m1/s1. The van der Waals surface area contributed by atoms with E-state index >= 15 is 0 Å². The lowest BCUT2D eigenvalue weighted by Crippen LogP contribution is -2.42. The highest BCUT2D eigenvalue weighted by Crippen LogP contribution is 2.26. The molecule has 2 N–H and O–H groups in total. The van der Waals surface area contributed by atoms with Crippen molar-refractivity contribution in [2.75, 3.05) is 19.6 Å². The fourth-order valence-electron chi connectivity index (χ4n) is 4.64. The quantitative estimate of drug-likeness (QED) is 0.835. The van der Waals surface area contributed by atoms with E-state index in [0.29, 0.717) is 11.6 Å². The van der Waals surface area contributed by atoms with E-state index < -0.39 is 0 Å². The predicted octanol–water partition coefficient (Wildman–Crippen LogP) is 2.94. The van der Waals surface area contributed by atoms with Crippen LogP contribution >= 0.6 is 0 Å². The molecule has 2 aliphatic rings. The highest BCUT2D eigenvalue weighted by Gasteiger charge is 2.26. The van der Waals surface area contributed by atoms with Crippen LogP contribution in [-0.4, -0.2) is 46.3 Å². The SMILES string of the molecule is O=C(N[C@@H]1CCC[C@@H](CN2CCCCC2)C1)c1cc(=O)n(-c2ccccc2)[nH]1. The lowest BCUT2D eigenvalue weighted by atomic mass is 9.85. The van der Waals surface area contributed by atoms with Crippen LogP contribution in [0.2, 0.25) is 0 Å². The molecule has 150 valence electrons. The van der Waals surface area contributed by atoms with Gasteiger partial charge in [-0.05, 0) is 63.2 Å². The lowest BCUT2D eigenvalue weighted by molar-refractivity contribution is 0.0903. The molecule has 1 aliphatic heterocycles. The number of benzene rings is 1. The van der Waals surface area contributed by atoms with Gasteiger partial charge in [-0.1, -0.05) is 31.0 Å². The summed E-state index contributed by atoms with van der Waals surface area (Å²) < 4.78 is 1.41. The van der Waals surface area contributed by atoms with Crippen LogP contribution < -0.4 is 10.9 Å². The topological polar surface area (TPSA) is 70.1 Å². The smallest absolute Gasteiger partial charge is 0.271 e. The number of H-pyrrole nitrogens is 1. The van der Waals surface area contributed by atoms with Crippen LogP contribution in [0.4, 0.5) is 0 Å². The molecular weight excluding hydrogens is 352 g/mol. The van der Waals surface area contributed by atoms with E-state index in [2.05, 4.69) is 15.3 Å². The summed E-state index contributed by atoms with van der Waals surface area (Å²) in [5, 5.41) is 6.10. The number of nitrogens with one attached hydrogen (secondary N) is 2. The van der Waals surface area contributed by atoms with Crippen LogP contribution in [0.3, 0.4) is 0 Å². The molecule has 1 amide bonds. The Balaban J connectivity index is 1.36. The molecule has 1 saturated heterocycles. The molecule has 4 rings (SSSR count). The summed E-state index contributed by atoms with van der Waals surface area (Å²) in [6.45, 7) is 3.61. The number of hydrogen-bond acceptors (Lipinski definition) is 3. The van der Waals surface area contributed by atoms with Gasteiger partial charge >= 0.3 is 0 Å². The molecule has 2 atom stereocenters. The van der Waals surface area contributed by atoms with Crippen LogP contribution in [0.15, 0.2) is 41.2 Å². The molecule has 1 aromatic heterocycles. The van der Waals surface area contributed by atoms with Gasteiger partial charge in [0.25, 0.3) is 11.5 Å². The predicted molar refractivity (Wildman–Crippen MR) is 110 cm³/mol. The van der Waals surface area contributed by atoms with E-state index in [9.17, 15) is 9.59 Å². The second-order valence-electron chi connectivity index (χ2n) is 8.24. The van der Waals surface area contributed by atoms with Crippen molar-refractivity contribution in [2.45, 2.75) is 51.0 Å². The fourth-order valence-corrected chi connectivity index (χ4v) is 4.64. The van der Waals surface area contributed by atoms with E-state index in [0.717, 1.165) is 31.5 Å². The van der Waals surface area contributed by atoms with Crippen LogP contribution in [0.1, 0.15) is 55.4 Å². The molecule has 2 heterocycles. The molecule has 28 heavy (non-hydrogen) atoms. The van der Waals surface area contributed by atoms with Gasteiger partial charge in [-0.2, -0.15) is 0 Å². The number of rotatable bonds is 5. The number of carbonyl (C=O) groups excluding carboxylic acids is 1. The number of likely N-dealkylation sites (tertiary alicyclic amines) is 1. The van der Waals surface area contributed by atoms with E-state index in [-0.39, 0.29) is 17.5 Å². The highest BCUT2D eigenvalue weighted by atomic mass is 16.2. The van der Waals surface area contributed by atoms with Gasteiger partial charge in [-0.3, -0.25) is 14.7 Å². The van der Waals surface area contributed by atoms with Gasteiger partial charge in [0.1, 0.15) is 5.69 Å². The Hall–Kier alpha value is -2.34. The van der Waals surface area contributed by atoms with Crippen molar-refractivity contribution < 1.29 is 4.79 Å². The second-order valence-corrected chi connectivity index (χ2v) is 8.24. The van der Waals surface area contributed by atoms with Gasteiger partial charge in [0.2, 0.25) is 0 Å². The first-order chi connectivity index (χ1) is 13.7. The maximum atomic E-state index is 12.7. The molecule has 0 radical (unpaired) electrons. The first-order valence-corrected chi connectivity index (χ1v) is 10.6. The van der Waals surface area contributed by atoms with E-state index in [4.69, 9.17) is 0 Å². The van der Waals surface area contributed by atoms with Crippen molar-refractivity contribution in [1.82, 2.24) is 20.0 Å². The highest BCUT2D eigenvalue weighted by molar-refractivity contribution is 5.92. The third kappa shape index (κ3) is 4.55. The number of nitrogens with zero attached hydrogens (tertiary/aromatic N) is 2. The summed E-state index contributed by atoms with van der Waals surface area (Å²) >= 11 is 0. The Kier molecular flexibility index (Phi) is 5.95. The normalized spacial score (nSPS) is 23.4. The average molecular weight is 383 g/mol. The van der Waals surface area contributed by atoms with Gasteiger partial charge in [-0.25, -0.2) is 4.68 Å². The molecule has 2 aromatic rings. The molecule has 6 heteroatoms. The zero-order chi connectivity index (χ0) is 19.3. The molecule has 1 aliphatic carbocycles. The zero-order valence-electron chi connectivity index (χ0n) is 16.4. The molecule has 0 spiro atoms. The number of aromatic nitrogens is 2. The van der Waals surface area contributed by atoms with Crippen molar-refractivity contribution >= 4 is 5.91 Å². The largest absolute Gasteiger partial charge is 0.348 e. The van der Waals surface area contributed by atoms with Crippen molar-refractivity contribution in [3.8, 4) is 5.69 Å². The molecule has 1 saturated carbocycles. The van der Waals surface area contributed by atoms with Gasteiger partial charge in [0.05, 0.1) is 5.69 Å². The zero-order valence-corrected chi connectivity index (χ0v) is 16.4. The fraction of sp³-hybridized carbons (Fsp3) is 0.545. The van der Waals surface area contributed by atoms with Gasteiger partial charge < -0.3 is 10.2 Å². The molecule has 6 nitrogen and oxygen atoms in total. The third-order valence-electron chi connectivity index (χ3n) is 6.06. The number of piperidine rings is 1. The Labute approximate surface area is 165 Å². The monoisotopic (exact) mass is 382 g/mol. The average Bonchev–Trinajstić information content (AvgIpc) is 3.12. The van der Waals surface area contributed by atoms with Crippen LogP contribution in [0.25, 0.3) is 5.69 Å². The number of hydrogen-bond donors (Lipinski definition) is 2. The summed E-state index contributed by atoms with van der Waals surface area (Å²) in [5.41, 5.74) is 0.834. The summed E-state index contributed by atoms with van der Waals surface area (Å²) in [6.07, 6.45) is 8.46. The van der Waals surface area contributed by atoms with Crippen LogP contribution in [0, 0.1) is 5.92 Å². The minimum absolute atomic E-state index is 0.185. The van der Waals surface area contributed by atoms with E-state index in [1.165, 1.54) is 49.5 Å². The number of para-hydroxylation sites is 1. The number of amides is 1. The second kappa shape index (κ2) is 8.78. The van der Waals surface area contributed by atoms with Gasteiger partial charge in [-0.15, -0.1) is 0 Å². The van der Waals surface area contributed by atoms with Gasteiger partial charge in [0, 0.05) is 18.7 Å². The number of aromatic amines is 1. The molecule has 2 fully saturated rings. The number of carbonyl (C=O) groups is 1. The Morgan fingerprint density at radius 1 is 1.07 bits per heavy atom.